The molecular weight excluding hydrogens is 134 g/mol. The lowest BCUT2D eigenvalue weighted by atomic mass is 10.2. The van der Waals surface area contributed by atoms with Crippen molar-refractivity contribution in [2.75, 3.05) is 0 Å². The van der Waals surface area contributed by atoms with Gasteiger partial charge in [0.05, 0.1) is 6.04 Å². The molecule has 0 bridgehead atoms. The number of rotatable bonds is 0. The van der Waals surface area contributed by atoms with Crippen molar-refractivity contribution in [2.24, 2.45) is 4.99 Å². The Kier molecular flexibility index (Phi) is 1.29. The van der Waals surface area contributed by atoms with Crippen LogP contribution in [-0.2, 0) is 0 Å². The van der Waals surface area contributed by atoms with Crippen molar-refractivity contribution in [3.05, 3.63) is 12.2 Å². The van der Waals surface area contributed by atoms with Crippen LogP contribution in [0.3, 0.4) is 0 Å². The molecule has 9 heavy (non-hydrogen) atoms. The van der Waals surface area contributed by atoms with Crippen LogP contribution in [-0.4, -0.2) is 18.4 Å². The SMILES string of the molecule is C1=CC2NSNC2N=C1. The van der Waals surface area contributed by atoms with E-state index >= 15 is 0 Å². The molecule has 2 aliphatic heterocycles. The summed E-state index contributed by atoms with van der Waals surface area (Å²) in [6, 6.07) is 0.389. The highest BCUT2D eigenvalue weighted by Crippen LogP contribution is 2.13. The number of nitrogens with zero attached hydrogens (tertiary/aromatic N) is 1. The van der Waals surface area contributed by atoms with Crippen LogP contribution in [0.5, 0.6) is 0 Å². The monoisotopic (exact) mass is 141 g/mol. The minimum absolute atomic E-state index is 0.250. The maximum atomic E-state index is 4.19. The van der Waals surface area contributed by atoms with Gasteiger partial charge in [-0.25, -0.2) is 9.44 Å². The van der Waals surface area contributed by atoms with E-state index in [0.29, 0.717) is 6.04 Å². The van der Waals surface area contributed by atoms with Crippen molar-refractivity contribution in [3.63, 3.8) is 0 Å². The topological polar surface area (TPSA) is 36.4 Å². The van der Waals surface area contributed by atoms with Crippen LogP contribution in [0.25, 0.3) is 0 Å². The van der Waals surface area contributed by atoms with E-state index in [2.05, 4.69) is 20.5 Å². The molecule has 2 heterocycles. The van der Waals surface area contributed by atoms with E-state index in [9.17, 15) is 0 Å². The van der Waals surface area contributed by atoms with E-state index in [1.807, 2.05) is 12.3 Å². The van der Waals surface area contributed by atoms with Gasteiger partial charge in [0.25, 0.3) is 0 Å². The molecule has 0 spiro atoms. The first kappa shape index (κ1) is 5.46. The molecule has 3 nitrogen and oxygen atoms in total. The third-order valence-corrected chi connectivity index (χ3v) is 2.12. The van der Waals surface area contributed by atoms with Gasteiger partial charge in [0, 0.05) is 18.3 Å². The summed E-state index contributed by atoms with van der Waals surface area (Å²) in [6.07, 6.45) is 6.13. The number of allylic oxidation sites excluding steroid dienone is 1. The molecule has 1 fully saturated rings. The fraction of sp³-hybridized carbons (Fsp3) is 0.400. The first-order valence-corrected chi connectivity index (χ1v) is 3.65. The van der Waals surface area contributed by atoms with Gasteiger partial charge in [-0.3, -0.25) is 4.99 Å². The van der Waals surface area contributed by atoms with E-state index in [1.165, 1.54) is 12.1 Å². The summed E-state index contributed by atoms with van der Waals surface area (Å²) < 4.78 is 6.28. The molecular formula is C5H7N3S. The molecule has 2 atom stereocenters. The van der Waals surface area contributed by atoms with Crippen molar-refractivity contribution in [3.8, 4) is 0 Å². The zero-order chi connectivity index (χ0) is 6.10. The minimum atomic E-state index is 0.250. The lowest BCUT2D eigenvalue weighted by Crippen LogP contribution is -2.31. The van der Waals surface area contributed by atoms with Crippen LogP contribution in [0.15, 0.2) is 17.1 Å². The summed E-state index contributed by atoms with van der Waals surface area (Å²) in [5.41, 5.74) is 0. The number of dihydropyridines is 1. The normalized spacial score (nSPS) is 39.1. The molecule has 0 aromatic heterocycles. The van der Waals surface area contributed by atoms with Gasteiger partial charge in [-0.05, 0) is 6.08 Å². The summed E-state index contributed by atoms with van der Waals surface area (Å²) in [5, 5.41) is 0. The molecule has 2 unspecified atom stereocenters. The molecule has 0 aromatic carbocycles. The quantitative estimate of drug-likeness (QED) is 0.469. The van der Waals surface area contributed by atoms with Gasteiger partial charge in [0.15, 0.2) is 0 Å². The minimum Gasteiger partial charge on any atom is -0.271 e. The standard InChI is InChI=1S/C5H7N3S/c1-2-4-5(6-3-1)8-9-7-4/h1-5,7-8H. The average molecular weight is 141 g/mol. The summed E-state index contributed by atoms with van der Waals surface area (Å²) in [5.74, 6) is 0. The van der Waals surface area contributed by atoms with E-state index < -0.39 is 0 Å². The Labute approximate surface area is 57.9 Å². The summed E-state index contributed by atoms with van der Waals surface area (Å²) in [6.45, 7) is 0. The van der Waals surface area contributed by atoms with Crippen molar-refractivity contribution in [1.29, 1.82) is 0 Å². The third kappa shape index (κ3) is 0.891. The van der Waals surface area contributed by atoms with E-state index in [1.54, 1.807) is 0 Å². The zero-order valence-electron chi connectivity index (χ0n) is 4.74. The van der Waals surface area contributed by atoms with Crippen molar-refractivity contribution >= 4 is 18.3 Å². The van der Waals surface area contributed by atoms with Gasteiger partial charge in [0.1, 0.15) is 6.17 Å². The highest BCUT2D eigenvalue weighted by Gasteiger charge is 2.24. The summed E-state index contributed by atoms with van der Waals surface area (Å²) >= 11 is 1.51. The van der Waals surface area contributed by atoms with Crippen LogP contribution < -0.4 is 9.44 Å². The van der Waals surface area contributed by atoms with Gasteiger partial charge in [-0.15, -0.1) is 0 Å². The Morgan fingerprint density at radius 2 is 2.44 bits per heavy atom. The molecule has 2 aliphatic rings. The second kappa shape index (κ2) is 2.13. The number of hydrogen-bond donors (Lipinski definition) is 2. The Bertz CT molecular complexity index is 148. The summed E-state index contributed by atoms with van der Waals surface area (Å²) in [4.78, 5) is 4.19. The van der Waals surface area contributed by atoms with Gasteiger partial charge in [-0.2, -0.15) is 0 Å². The van der Waals surface area contributed by atoms with E-state index in [0.717, 1.165) is 0 Å². The van der Waals surface area contributed by atoms with Gasteiger partial charge in [0.2, 0.25) is 0 Å². The Balaban J connectivity index is 2.18. The Morgan fingerprint density at radius 1 is 1.44 bits per heavy atom. The molecule has 0 amide bonds. The van der Waals surface area contributed by atoms with Gasteiger partial charge < -0.3 is 0 Å². The second-order valence-electron chi connectivity index (χ2n) is 1.99. The second-order valence-corrected chi connectivity index (χ2v) is 2.67. The van der Waals surface area contributed by atoms with E-state index in [-0.39, 0.29) is 6.17 Å². The maximum absolute atomic E-state index is 4.19. The van der Waals surface area contributed by atoms with Crippen molar-refractivity contribution in [1.82, 2.24) is 9.44 Å². The number of hydrogen-bond acceptors (Lipinski definition) is 4. The molecule has 2 rings (SSSR count). The first-order chi connectivity index (χ1) is 4.47. The maximum Gasteiger partial charge on any atom is 0.129 e. The first-order valence-electron chi connectivity index (χ1n) is 2.84. The molecule has 1 saturated heterocycles. The van der Waals surface area contributed by atoms with Crippen LogP contribution in [0, 0.1) is 0 Å². The van der Waals surface area contributed by atoms with Crippen LogP contribution in [0.2, 0.25) is 0 Å². The van der Waals surface area contributed by atoms with Crippen LogP contribution >= 0.6 is 12.1 Å². The lowest BCUT2D eigenvalue weighted by molar-refractivity contribution is 0.603. The smallest absolute Gasteiger partial charge is 0.129 e. The molecule has 0 radical (unpaired) electrons. The predicted octanol–water partition coefficient (Wildman–Crippen LogP) is 0.0777. The third-order valence-electron chi connectivity index (χ3n) is 1.37. The van der Waals surface area contributed by atoms with Crippen LogP contribution in [0.4, 0.5) is 0 Å². The highest BCUT2D eigenvalue weighted by molar-refractivity contribution is 7.95. The molecule has 0 aliphatic carbocycles. The Morgan fingerprint density at radius 3 is 3.33 bits per heavy atom. The van der Waals surface area contributed by atoms with Crippen molar-refractivity contribution < 1.29 is 0 Å². The number of aliphatic imine (C=N–C) groups is 1. The fourth-order valence-corrected chi connectivity index (χ4v) is 1.62. The van der Waals surface area contributed by atoms with Gasteiger partial charge in [-0.1, -0.05) is 6.08 Å². The average Bonchev–Trinajstić information content (AvgIpc) is 2.33. The summed E-state index contributed by atoms with van der Waals surface area (Å²) in [7, 11) is 0. The molecule has 48 valence electrons. The molecule has 4 heteroatoms. The van der Waals surface area contributed by atoms with Gasteiger partial charge >= 0.3 is 0 Å². The predicted molar refractivity (Wildman–Crippen MR) is 39.1 cm³/mol. The van der Waals surface area contributed by atoms with E-state index in [4.69, 9.17) is 0 Å². The van der Waals surface area contributed by atoms with Crippen molar-refractivity contribution in [2.45, 2.75) is 12.2 Å². The Hall–Kier alpha value is -0.320. The molecule has 2 N–H and O–H groups in total. The lowest BCUT2D eigenvalue weighted by Gasteiger charge is -2.11. The van der Waals surface area contributed by atoms with Crippen LogP contribution in [0.1, 0.15) is 0 Å². The zero-order valence-corrected chi connectivity index (χ0v) is 5.56. The largest absolute Gasteiger partial charge is 0.271 e. The molecule has 0 aromatic rings. The number of fused-ring (bicyclic) bond motifs is 1. The fourth-order valence-electron chi connectivity index (χ4n) is 0.880. The molecule has 0 saturated carbocycles. The highest BCUT2D eigenvalue weighted by atomic mass is 32.2. The number of nitrogens with one attached hydrogen (secondary N) is 2.